The first-order chi connectivity index (χ1) is 8.81. The highest BCUT2D eigenvalue weighted by molar-refractivity contribution is 7.80. The normalized spacial score (nSPS) is 25.1. The molecule has 1 atom stereocenters. The molecule has 1 saturated carbocycles. The summed E-state index contributed by atoms with van der Waals surface area (Å²) in [5, 5.41) is 4.34. The molecule has 4 heteroatoms. The summed E-state index contributed by atoms with van der Waals surface area (Å²) in [5.41, 5.74) is 0. The molecule has 0 amide bonds. The van der Waals surface area contributed by atoms with E-state index in [0.717, 1.165) is 24.8 Å². The molecule has 18 heavy (non-hydrogen) atoms. The Morgan fingerprint density at radius 2 is 2.00 bits per heavy atom. The van der Waals surface area contributed by atoms with Crippen molar-refractivity contribution in [2.24, 2.45) is 0 Å². The number of hydrogen-bond acceptors (Lipinski definition) is 2. The first-order valence-electron chi connectivity index (χ1n) is 7.47. The monoisotopic (exact) mass is 270 g/mol. The van der Waals surface area contributed by atoms with Gasteiger partial charge < -0.3 is 15.0 Å². The molecule has 0 spiro atoms. The maximum atomic E-state index is 5.62. The highest BCUT2D eigenvalue weighted by atomic mass is 32.1. The zero-order chi connectivity index (χ0) is 12.8. The maximum Gasteiger partial charge on any atom is 0.169 e. The van der Waals surface area contributed by atoms with Gasteiger partial charge in [0.1, 0.15) is 0 Å². The van der Waals surface area contributed by atoms with Crippen LogP contribution in [-0.2, 0) is 4.74 Å². The summed E-state index contributed by atoms with van der Waals surface area (Å²) in [5.74, 6) is 0. The summed E-state index contributed by atoms with van der Waals surface area (Å²) in [6.07, 6.45) is 9.44. The van der Waals surface area contributed by atoms with Gasteiger partial charge in [0, 0.05) is 25.7 Å². The Kier molecular flexibility index (Phi) is 5.70. The molecule has 0 aromatic carbocycles. The van der Waals surface area contributed by atoms with Crippen molar-refractivity contribution in [1.82, 2.24) is 10.2 Å². The SMILES string of the molecule is CCN(C(=S)NC[C@@H]1CCCO1)C1CCCCC1. The minimum absolute atomic E-state index is 0.369. The molecule has 0 bridgehead atoms. The van der Waals surface area contributed by atoms with Crippen molar-refractivity contribution >= 4 is 17.3 Å². The molecule has 2 rings (SSSR count). The van der Waals surface area contributed by atoms with E-state index in [1.807, 2.05) is 0 Å². The quantitative estimate of drug-likeness (QED) is 0.794. The van der Waals surface area contributed by atoms with E-state index in [1.54, 1.807) is 0 Å². The van der Waals surface area contributed by atoms with Gasteiger partial charge in [-0.3, -0.25) is 0 Å². The van der Waals surface area contributed by atoms with E-state index in [2.05, 4.69) is 17.1 Å². The predicted molar refractivity (Wildman–Crippen MR) is 78.8 cm³/mol. The van der Waals surface area contributed by atoms with Gasteiger partial charge in [-0.15, -0.1) is 0 Å². The van der Waals surface area contributed by atoms with Crippen LogP contribution in [0.4, 0.5) is 0 Å². The van der Waals surface area contributed by atoms with Crippen molar-refractivity contribution in [3.05, 3.63) is 0 Å². The molecule has 1 N–H and O–H groups in total. The third-order valence-corrected chi connectivity index (χ3v) is 4.50. The van der Waals surface area contributed by atoms with Crippen LogP contribution >= 0.6 is 12.2 Å². The molecule has 1 aliphatic heterocycles. The Labute approximate surface area is 116 Å². The van der Waals surface area contributed by atoms with Gasteiger partial charge in [0.2, 0.25) is 0 Å². The molecule has 0 aromatic heterocycles. The zero-order valence-electron chi connectivity index (χ0n) is 11.5. The fourth-order valence-electron chi connectivity index (χ4n) is 3.07. The van der Waals surface area contributed by atoms with Gasteiger partial charge in [0.15, 0.2) is 5.11 Å². The lowest BCUT2D eigenvalue weighted by Crippen LogP contribution is -2.48. The number of nitrogens with zero attached hydrogens (tertiary/aromatic N) is 1. The van der Waals surface area contributed by atoms with Gasteiger partial charge in [-0.05, 0) is 44.8 Å². The average Bonchev–Trinajstić information content (AvgIpc) is 2.92. The Hall–Kier alpha value is -0.350. The fraction of sp³-hybridized carbons (Fsp3) is 0.929. The molecule has 0 aromatic rings. The highest BCUT2D eigenvalue weighted by Gasteiger charge is 2.23. The van der Waals surface area contributed by atoms with Crippen LogP contribution in [0.1, 0.15) is 51.9 Å². The standard InChI is InChI=1S/C14H26N2OS/c1-2-16(12-7-4-3-5-8-12)14(18)15-11-13-9-6-10-17-13/h12-13H,2-11H2,1H3,(H,15,18)/t13-/m0/s1. The van der Waals surface area contributed by atoms with E-state index in [4.69, 9.17) is 17.0 Å². The van der Waals surface area contributed by atoms with Crippen LogP contribution in [0, 0.1) is 0 Å². The van der Waals surface area contributed by atoms with Gasteiger partial charge in [0.25, 0.3) is 0 Å². The number of nitrogens with one attached hydrogen (secondary N) is 1. The fourth-order valence-corrected chi connectivity index (χ4v) is 3.43. The molecule has 0 unspecified atom stereocenters. The van der Waals surface area contributed by atoms with Crippen LogP contribution in [0.3, 0.4) is 0 Å². The molecule has 2 aliphatic rings. The molecule has 1 saturated heterocycles. The van der Waals surface area contributed by atoms with E-state index in [-0.39, 0.29) is 0 Å². The van der Waals surface area contributed by atoms with Crippen molar-refractivity contribution in [1.29, 1.82) is 0 Å². The van der Waals surface area contributed by atoms with Gasteiger partial charge >= 0.3 is 0 Å². The van der Waals surface area contributed by atoms with Crippen molar-refractivity contribution in [2.75, 3.05) is 19.7 Å². The van der Waals surface area contributed by atoms with E-state index in [9.17, 15) is 0 Å². The Bertz CT molecular complexity index is 261. The summed E-state index contributed by atoms with van der Waals surface area (Å²) in [6.45, 7) is 5.01. The zero-order valence-corrected chi connectivity index (χ0v) is 12.3. The lowest BCUT2D eigenvalue weighted by atomic mass is 9.94. The second kappa shape index (κ2) is 7.29. The highest BCUT2D eigenvalue weighted by Crippen LogP contribution is 2.22. The third kappa shape index (κ3) is 3.82. The first-order valence-corrected chi connectivity index (χ1v) is 7.88. The number of ether oxygens (including phenoxy) is 1. The molecule has 1 aliphatic carbocycles. The smallest absolute Gasteiger partial charge is 0.169 e. The topological polar surface area (TPSA) is 24.5 Å². The van der Waals surface area contributed by atoms with Crippen LogP contribution in [0.25, 0.3) is 0 Å². The maximum absolute atomic E-state index is 5.62. The van der Waals surface area contributed by atoms with Crippen LogP contribution in [-0.4, -0.2) is 41.9 Å². The molecule has 2 fully saturated rings. The van der Waals surface area contributed by atoms with Gasteiger partial charge in [-0.1, -0.05) is 19.3 Å². The lowest BCUT2D eigenvalue weighted by molar-refractivity contribution is 0.113. The van der Waals surface area contributed by atoms with Crippen molar-refractivity contribution in [2.45, 2.75) is 64.0 Å². The predicted octanol–water partition coefficient (Wildman–Crippen LogP) is 2.69. The third-order valence-electron chi connectivity index (χ3n) is 4.12. The number of rotatable bonds is 4. The van der Waals surface area contributed by atoms with Gasteiger partial charge in [-0.2, -0.15) is 0 Å². The summed E-state index contributed by atoms with van der Waals surface area (Å²) in [7, 11) is 0. The second-order valence-corrected chi connectivity index (χ2v) is 5.79. The van der Waals surface area contributed by atoms with E-state index in [0.29, 0.717) is 12.1 Å². The van der Waals surface area contributed by atoms with Crippen LogP contribution < -0.4 is 5.32 Å². The van der Waals surface area contributed by atoms with Crippen LogP contribution in [0.5, 0.6) is 0 Å². The van der Waals surface area contributed by atoms with E-state index >= 15 is 0 Å². The largest absolute Gasteiger partial charge is 0.376 e. The first kappa shape index (κ1) is 14.1. The van der Waals surface area contributed by atoms with Crippen LogP contribution in [0.2, 0.25) is 0 Å². The Morgan fingerprint density at radius 3 is 2.61 bits per heavy atom. The molecular weight excluding hydrogens is 244 g/mol. The molecule has 0 radical (unpaired) electrons. The molecular formula is C14H26N2OS. The minimum atomic E-state index is 0.369. The minimum Gasteiger partial charge on any atom is -0.376 e. The van der Waals surface area contributed by atoms with Crippen molar-refractivity contribution in [3.8, 4) is 0 Å². The van der Waals surface area contributed by atoms with Gasteiger partial charge in [-0.25, -0.2) is 0 Å². The molecule has 104 valence electrons. The van der Waals surface area contributed by atoms with Crippen LogP contribution in [0.15, 0.2) is 0 Å². The molecule has 3 nitrogen and oxygen atoms in total. The lowest BCUT2D eigenvalue weighted by Gasteiger charge is -2.35. The van der Waals surface area contributed by atoms with Crippen molar-refractivity contribution < 1.29 is 4.74 Å². The summed E-state index contributed by atoms with van der Waals surface area (Å²) >= 11 is 5.55. The summed E-state index contributed by atoms with van der Waals surface area (Å²) in [4.78, 5) is 2.38. The second-order valence-electron chi connectivity index (χ2n) is 5.40. The van der Waals surface area contributed by atoms with E-state index < -0.39 is 0 Å². The van der Waals surface area contributed by atoms with E-state index in [1.165, 1.54) is 44.9 Å². The Balaban J connectivity index is 1.76. The number of thiocarbonyl (C=S) groups is 1. The number of hydrogen-bond donors (Lipinski definition) is 1. The summed E-state index contributed by atoms with van der Waals surface area (Å²) in [6, 6.07) is 0.660. The molecule has 1 heterocycles. The Morgan fingerprint density at radius 1 is 1.22 bits per heavy atom. The average molecular weight is 270 g/mol. The van der Waals surface area contributed by atoms with Gasteiger partial charge in [0.05, 0.1) is 6.10 Å². The van der Waals surface area contributed by atoms with Crippen molar-refractivity contribution in [3.63, 3.8) is 0 Å². The summed E-state index contributed by atoms with van der Waals surface area (Å²) < 4.78 is 5.62.